The lowest BCUT2D eigenvalue weighted by Gasteiger charge is -2.23. The maximum atomic E-state index is 12.8. The Labute approximate surface area is 221 Å². The first-order valence-corrected chi connectivity index (χ1v) is 12.4. The molecule has 0 fully saturated rings. The number of nitrogens with one attached hydrogen (secondary N) is 2. The van der Waals surface area contributed by atoms with Crippen molar-refractivity contribution < 1.29 is 9.59 Å². The van der Waals surface area contributed by atoms with Crippen LogP contribution in [0.2, 0.25) is 0 Å². The topological polar surface area (TPSA) is 121 Å². The molecule has 38 heavy (non-hydrogen) atoms. The summed E-state index contributed by atoms with van der Waals surface area (Å²) in [6.45, 7) is 7.48. The van der Waals surface area contributed by atoms with Crippen molar-refractivity contribution in [3.05, 3.63) is 66.7 Å². The van der Waals surface area contributed by atoms with E-state index in [1.165, 1.54) is 0 Å². The molecule has 10 nitrogen and oxygen atoms in total. The molecular formula is C28H32N8O2. The van der Waals surface area contributed by atoms with Crippen molar-refractivity contribution in [1.82, 2.24) is 19.1 Å². The van der Waals surface area contributed by atoms with E-state index >= 15 is 0 Å². The van der Waals surface area contributed by atoms with Gasteiger partial charge in [-0.2, -0.15) is 5.26 Å². The summed E-state index contributed by atoms with van der Waals surface area (Å²) < 4.78 is 3.96. The van der Waals surface area contributed by atoms with E-state index in [4.69, 9.17) is 10.2 Å². The van der Waals surface area contributed by atoms with E-state index in [0.29, 0.717) is 35.7 Å². The molecule has 0 saturated heterocycles. The predicted octanol–water partition coefficient (Wildman–Crippen LogP) is 5.24. The quantitative estimate of drug-likeness (QED) is 0.335. The third-order valence-electron chi connectivity index (χ3n) is 6.03. The molecule has 2 aromatic heterocycles. The second-order valence-corrected chi connectivity index (χ2v) is 10.4. The fraction of sp³-hybridized carbons (Fsp3) is 0.321. The van der Waals surface area contributed by atoms with Gasteiger partial charge in [0.15, 0.2) is 0 Å². The first kappa shape index (κ1) is 26.4. The Balaban J connectivity index is 1.58. The van der Waals surface area contributed by atoms with Crippen molar-refractivity contribution in [3.63, 3.8) is 0 Å². The summed E-state index contributed by atoms with van der Waals surface area (Å²) in [6, 6.07) is 13.9. The molecule has 0 spiro atoms. The monoisotopic (exact) mass is 512 g/mol. The number of imidazole rings is 2. The van der Waals surface area contributed by atoms with Crippen molar-refractivity contribution in [2.75, 3.05) is 22.6 Å². The van der Waals surface area contributed by atoms with Crippen molar-refractivity contribution in [2.45, 2.75) is 46.7 Å². The van der Waals surface area contributed by atoms with Gasteiger partial charge in [0.1, 0.15) is 0 Å². The SMILES string of the molecule is CN(C(=O)CC(C)(C)C)c1ccc2c(c1)nc(NC(=O)Nc1ccc(C#N)cc1)n2CCCn1ccnc1. The van der Waals surface area contributed by atoms with Crippen molar-refractivity contribution in [2.24, 2.45) is 5.41 Å². The second kappa shape index (κ2) is 11.2. The van der Waals surface area contributed by atoms with E-state index in [1.807, 2.05) is 54.3 Å². The smallest absolute Gasteiger partial charge is 0.326 e. The highest BCUT2D eigenvalue weighted by molar-refractivity contribution is 6.00. The Morgan fingerprint density at radius 1 is 1.08 bits per heavy atom. The molecule has 0 aliphatic carbocycles. The summed E-state index contributed by atoms with van der Waals surface area (Å²) in [4.78, 5) is 36.0. The largest absolute Gasteiger partial charge is 0.337 e. The lowest BCUT2D eigenvalue weighted by molar-refractivity contribution is -0.120. The van der Waals surface area contributed by atoms with Crippen LogP contribution in [0, 0.1) is 16.7 Å². The average Bonchev–Trinajstić information content (AvgIpc) is 3.50. The van der Waals surface area contributed by atoms with Gasteiger partial charge >= 0.3 is 6.03 Å². The zero-order chi connectivity index (χ0) is 27.3. The van der Waals surface area contributed by atoms with E-state index in [9.17, 15) is 9.59 Å². The minimum absolute atomic E-state index is 0.0248. The lowest BCUT2D eigenvalue weighted by atomic mass is 9.91. The van der Waals surface area contributed by atoms with Crippen LogP contribution in [-0.4, -0.2) is 38.1 Å². The average molecular weight is 513 g/mol. The van der Waals surface area contributed by atoms with E-state index in [-0.39, 0.29) is 11.3 Å². The summed E-state index contributed by atoms with van der Waals surface area (Å²) in [5.74, 6) is 0.425. The molecule has 196 valence electrons. The molecule has 4 aromatic rings. The Morgan fingerprint density at radius 3 is 2.50 bits per heavy atom. The Kier molecular flexibility index (Phi) is 7.76. The van der Waals surface area contributed by atoms with Crippen molar-refractivity contribution in [1.29, 1.82) is 5.26 Å². The standard InChI is InChI=1S/C28H32N8O2/c1-28(2,3)17-25(37)34(4)22-10-11-24-23(16-22)32-26(36(24)14-5-13-35-15-12-30-19-35)33-27(38)31-21-8-6-20(18-29)7-9-21/h6-12,15-16,19H,5,13-14,17H2,1-4H3,(H2,31,32,33,38). The van der Waals surface area contributed by atoms with Gasteiger partial charge in [-0.15, -0.1) is 0 Å². The van der Waals surface area contributed by atoms with Crippen LogP contribution >= 0.6 is 0 Å². The first-order chi connectivity index (χ1) is 18.1. The Morgan fingerprint density at radius 2 is 1.84 bits per heavy atom. The highest BCUT2D eigenvalue weighted by Crippen LogP contribution is 2.27. The number of aryl methyl sites for hydroxylation is 2. The van der Waals surface area contributed by atoms with Crippen LogP contribution in [0.5, 0.6) is 0 Å². The number of rotatable bonds is 8. The molecule has 0 bridgehead atoms. The summed E-state index contributed by atoms with van der Waals surface area (Å²) in [7, 11) is 1.77. The normalized spacial score (nSPS) is 11.2. The predicted molar refractivity (Wildman–Crippen MR) is 148 cm³/mol. The number of amides is 3. The van der Waals surface area contributed by atoms with E-state index in [1.54, 1.807) is 48.7 Å². The van der Waals surface area contributed by atoms with Crippen LogP contribution in [-0.2, 0) is 17.9 Å². The molecule has 10 heteroatoms. The second-order valence-electron chi connectivity index (χ2n) is 10.4. The number of fused-ring (bicyclic) bond motifs is 1. The Bertz CT molecular complexity index is 1460. The molecule has 2 N–H and O–H groups in total. The Hall–Kier alpha value is -4.65. The molecule has 3 amide bonds. The maximum absolute atomic E-state index is 12.8. The molecular weight excluding hydrogens is 480 g/mol. The number of carbonyl (C=O) groups is 2. The number of benzene rings is 2. The van der Waals surface area contributed by atoms with E-state index in [2.05, 4.69) is 21.7 Å². The first-order valence-electron chi connectivity index (χ1n) is 12.4. The minimum atomic E-state index is -0.446. The lowest BCUT2D eigenvalue weighted by Crippen LogP contribution is -2.29. The number of anilines is 3. The molecule has 0 radical (unpaired) electrons. The summed E-state index contributed by atoms with van der Waals surface area (Å²) in [5.41, 5.74) is 3.22. The molecule has 2 aromatic carbocycles. The number of nitrogens with zero attached hydrogens (tertiary/aromatic N) is 6. The van der Waals surface area contributed by atoms with E-state index < -0.39 is 6.03 Å². The van der Waals surface area contributed by atoms with Crippen LogP contribution in [0.4, 0.5) is 22.1 Å². The maximum Gasteiger partial charge on any atom is 0.326 e. The molecule has 0 saturated carbocycles. The molecule has 0 unspecified atom stereocenters. The summed E-state index contributed by atoms with van der Waals surface area (Å²) in [5, 5.41) is 14.6. The molecule has 0 atom stereocenters. The van der Waals surface area contributed by atoms with Gasteiger partial charge in [-0.1, -0.05) is 20.8 Å². The van der Waals surface area contributed by atoms with Crippen LogP contribution < -0.4 is 15.5 Å². The third-order valence-corrected chi connectivity index (χ3v) is 6.03. The number of hydrogen-bond donors (Lipinski definition) is 2. The van der Waals surface area contributed by atoms with Crippen LogP contribution in [0.25, 0.3) is 11.0 Å². The van der Waals surface area contributed by atoms with Gasteiger partial charge in [0.25, 0.3) is 0 Å². The highest BCUT2D eigenvalue weighted by atomic mass is 16.2. The molecule has 0 aliphatic rings. The van der Waals surface area contributed by atoms with Crippen LogP contribution in [0.1, 0.15) is 39.2 Å². The number of carbonyl (C=O) groups excluding carboxylic acids is 2. The van der Waals surface area contributed by atoms with Gasteiger partial charge in [-0.25, -0.2) is 14.8 Å². The van der Waals surface area contributed by atoms with Crippen LogP contribution in [0.15, 0.2) is 61.2 Å². The van der Waals surface area contributed by atoms with Gasteiger partial charge in [0, 0.05) is 50.3 Å². The highest BCUT2D eigenvalue weighted by Gasteiger charge is 2.21. The zero-order valence-electron chi connectivity index (χ0n) is 22.1. The summed E-state index contributed by atoms with van der Waals surface area (Å²) in [6.07, 6.45) is 6.64. The van der Waals surface area contributed by atoms with Gasteiger partial charge in [0.2, 0.25) is 11.9 Å². The van der Waals surface area contributed by atoms with Gasteiger partial charge in [-0.05, 0) is 54.3 Å². The minimum Gasteiger partial charge on any atom is -0.337 e. The van der Waals surface area contributed by atoms with Crippen molar-refractivity contribution in [3.8, 4) is 6.07 Å². The number of nitriles is 1. The van der Waals surface area contributed by atoms with Gasteiger partial charge in [0.05, 0.1) is 29.0 Å². The zero-order valence-corrected chi connectivity index (χ0v) is 22.1. The number of urea groups is 1. The third kappa shape index (κ3) is 6.56. The fourth-order valence-electron chi connectivity index (χ4n) is 4.09. The molecule has 0 aliphatic heterocycles. The summed E-state index contributed by atoms with van der Waals surface area (Å²) >= 11 is 0. The number of aromatic nitrogens is 4. The van der Waals surface area contributed by atoms with Crippen molar-refractivity contribution >= 4 is 40.3 Å². The number of hydrogen-bond acceptors (Lipinski definition) is 5. The van der Waals surface area contributed by atoms with Gasteiger partial charge in [-0.3, -0.25) is 10.1 Å². The van der Waals surface area contributed by atoms with E-state index in [0.717, 1.165) is 24.2 Å². The molecule has 2 heterocycles. The van der Waals surface area contributed by atoms with Crippen LogP contribution in [0.3, 0.4) is 0 Å². The van der Waals surface area contributed by atoms with Gasteiger partial charge < -0.3 is 19.4 Å². The fourth-order valence-corrected chi connectivity index (χ4v) is 4.09. The molecule has 4 rings (SSSR count).